The molecule has 4 heterocycles. The Balaban J connectivity index is 0.000000185. The number of methoxy groups -OCH3 is 2. The van der Waals surface area contributed by atoms with Crippen molar-refractivity contribution in [3.8, 4) is 11.8 Å². The highest BCUT2D eigenvalue weighted by atomic mass is 79.9. The summed E-state index contributed by atoms with van der Waals surface area (Å²) in [6.45, 7) is 7.68. The first-order valence-corrected chi connectivity index (χ1v) is 16.6. The van der Waals surface area contributed by atoms with Crippen LogP contribution in [0.5, 0.6) is 11.8 Å². The number of ether oxygens (including phenoxy) is 2. The molecule has 0 fully saturated rings. The van der Waals surface area contributed by atoms with Gasteiger partial charge in [-0.15, -0.1) is 0 Å². The van der Waals surface area contributed by atoms with Crippen LogP contribution < -0.4 is 15.2 Å². The number of aromatic nitrogens is 6. The van der Waals surface area contributed by atoms with E-state index in [1.165, 1.54) is 26.4 Å². The number of pyridine rings is 2. The van der Waals surface area contributed by atoms with Crippen molar-refractivity contribution in [2.24, 2.45) is 0 Å². The van der Waals surface area contributed by atoms with Gasteiger partial charge in [-0.1, -0.05) is 53.0 Å². The minimum atomic E-state index is -0.393. The average molecular weight is 774 g/mol. The largest absolute Gasteiger partial charge is 0.480 e. The highest BCUT2D eigenvalue weighted by Gasteiger charge is 2.15. The van der Waals surface area contributed by atoms with Gasteiger partial charge in [-0.05, 0) is 72.5 Å². The molecule has 0 atom stereocenters. The van der Waals surface area contributed by atoms with Gasteiger partial charge in [0.2, 0.25) is 11.8 Å². The Labute approximate surface area is 301 Å². The van der Waals surface area contributed by atoms with Gasteiger partial charge < -0.3 is 15.2 Å². The Morgan fingerprint density at radius 1 is 0.735 bits per heavy atom. The second kappa shape index (κ2) is 16.9. The number of hydrogen-bond donors (Lipinski definition) is 1. The van der Waals surface area contributed by atoms with Gasteiger partial charge in [-0.25, -0.2) is 28.7 Å². The summed E-state index contributed by atoms with van der Waals surface area (Å²) >= 11 is 15.0. The maximum atomic E-state index is 14.6. The second-order valence-corrected chi connectivity index (χ2v) is 12.3. The molecular weight excluding hydrogens is 739 g/mol. The molecule has 0 radical (unpaired) electrons. The van der Waals surface area contributed by atoms with Crippen molar-refractivity contribution in [3.63, 3.8) is 0 Å². The summed E-state index contributed by atoms with van der Waals surface area (Å²) in [6.07, 6.45) is 5.02. The van der Waals surface area contributed by atoms with Crippen LogP contribution >= 0.6 is 39.1 Å². The van der Waals surface area contributed by atoms with Crippen LogP contribution in [-0.2, 0) is 19.3 Å². The number of fused-ring (bicyclic) bond motifs is 2. The van der Waals surface area contributed by atoms with E-state index in [4.69, 9.17) is 38.4 Å². The maximum absolute atomic E-state index is 14.6. The van der Waals surface area contributed by atoms with Crippen molar-refractivity contribution in [3.05, 3.63) is 109 Å². The summed E-state index contributed by atoms with van der Waals surface area (Å²) in [4.78, 5) is 24.8. The quantitative estimate of drug-likeness (QED) is 0.165. The number of aryl methyl sites for hydroxylation is 4. The molecule has 2 N–H and O–H groups in total. The molecule has 0 saturated carbocycles. The molecule has 49 heavy (non-hydrogen) atoms. The molecule has 2 aromatic carbocycles. The van der Waals surface area contributed by atoms with E-state index in [0.29, 0.717) is 79.4 Å². The van der Waals surface area contributed by atoms with Crippen LogP contribution in [0.2, 0.25) is 10.3 Å². The Hall–Kier alpha value is -4.26. The van der Waals surface area contributed by atoms with Crippen LogP contribution in [0.4, 0.5) is 14.5 Å². The molecular formula is C35H34BrCl2F2N7O2. The number of halogens is 5. The summed E-state index contributed by atoms with van der Waals surface area (Å²) in [6, 6.07) is 10.2. The van der Waals surface area contributed by atoms with Crippen molar-refractivity contribution < 1.29 is 18.3 Å². The van der Waals surface area contributed by atoms with Crippen molar-refractivity contribution in [1.82, 2.24) is 29.9 Å². The number of benzene rings is 2. The molecule has 0 amide bonds. The molecule has 4 aromatic heterocycles. The molecule has 256 valence electrons. The highest BCUT2D eigenvalue weighted by Crippen LogP contribution is 2.30. The summed E-state index contributed by atoms with van der Waals surface area (Å²) < 4.78 is 39.4. The Kier molecular flexibility index (Phi) is 13.0. The third kappa shape index (κ3) is 9.05. The van der Waals surface area contributed by atoms with Gasteiger partial charge in [-0.2, -0.15) is 9.97 Å². The lowest BCUT2D eigenvalue weighted by Crippen LogP contribution is -2.02. The van der Waals surface area contributed by atoms with Crippen molar-refractivity contribution in [1.29, 1.82) is 0 Å². The molecule has 14 heteroatoms. The maximum Gasteiger partial charge on any atom is 0.224 e. The fourth-order valence-corrected chi connectivity index (χ4v) is 5.58. The third-order valence-electron chi connectivity index (χ3n) is 7.35. The first-order chi connectivity index (χ1) is 23.4. The number of nitrogens with zero attached hydrogens (tertiary/aromatic N) is 6. The molecule has 0 aliphatic heterocycles. The van der Waals surface area contributed by atoms with Crippen LogP contribution in [-0.4, -0.2) is 44.1 Å². The SMILES string of the molecule is CCc1nc(OC)c2cc(Br)cc(F)c2n1.CCc1nc(OC)c2cc(Cc3c(C)ccnc3Cl)cc(F)c2n1.Cc1ccnc(Cl)c1N. The Bertz CT molecular complexity index is 2080. The van der Waals surface area contributed by atoms with Crippen molar-refractivity contribution in [2.45, 2.75) is 47.0 Å². The summed E-state index contributed by atoms with van der Waals surface area (Å²) in [5.41, 5.74) is 10.3. The minimum absolute atomic E-state index is 0.274. The van der Waals surface area contributed by atoms with Gasteiger partial charge in [0.25, 0.3) is 0 Å². The summed E-state index contributed by atoms with van der Waals surface area (Å²) in [7, 11) is 3.04. The number of anilines is 1. The van der Waals surface area contributed by atoms with Crippen LogP contribution in [0.1, 0.15) is 47.8 Å². The van der Waals surface area contributed by atoms with Crippen LogP contribution in [0.3, 0.4) is 0 Å². The standard InChI is InChI=1S/C18H17ClFN3O.C11H10BrFN2O.C6H7ClN2/c1-4-15-22-16-13(18(23-15)24-3)8-11(9-14(16)20)7-12-10(2)5-6-21-17(12)19;1-3-9-14-10-7(11(15-9)16-2)4-6(12)5-8(10)13;1-4-2-3-9-6(7)5(4)8/h5-6,8-9H,4,7H2,1-3H3;4-5H,3H2,1-2H3;2-3H,8H2,1H3. The van der Waals surface area contributed by atoms with E-state index in [2.05, 4.69) is 45.8 Å². The lowest BCUT2D eigenvalue weighted by Gasteiger charge is -2.11. The van der Waals surface area contributed by atoms with Gasteiger partial charge in [0.1, 0.15) is 33.7 Å². The zero-order chi connectivity index (χ0) is 35.8. The molecule has 0 spiro atoms. The molecule has 0 saturated heterocycles. The lowest BCUT2D eigenvalue weighted by molar-refractivity contribution is 0.400. The minimum Gasteiger partial charge on any atom is -0.480 e. The van der Waals surface area contributed by atoms with Gasteiger partial charge in [-0.3, -0.25) is 0 Å². The number of hydrogen-bond acceptors (Lipinski definition) is 9. The Morgan fingerprint density at radius 2 is 1.24 bits per heavy atom. The Morgan fingerprint density at radius 3 is 1.73 bits per heavy atom. The first-order valence-electron chi connectivity index (χ1n) is 15.1. The normalized spacial score (nSPS) is 10.7. The van der Waals surface area contributed by atoms with E-state index in [9.17, 15) is 8.78 Å². The molecule has 0 unspecified atom stereocenters. The second-order valence-electron chi connectivity index (χ2n) is 10.7. The van der Waals surface area contributed by atoms with Crippen LogP contribution in [0, 0.1) is 25.5 Å². The summed E-state index contributed by atoms with van der Waals surface area (Å²) in [5.74, 6) is 1.15. The van der Waals surface area contributed by atoms with Crippen molar-refractivity contribution in [2.75, 3.05) is 20.0 Å². The number of nitrogens with two attached hydrogens (primary N) is 1. The molecule has 0 aliphatic rings. The van der Waals surface area contributed by atoms with E-state index in [1.807, 2.05) is 45.9 Å². The van der Waals surface area contributed by atoms with E-state index in [0.717, 1.165) is 22.3 Å². The van der Waals surface area contributed by atoms with Crippen molar-refractivity contribution >= 4 is 66.6 Å². The molecule has 9 nitrogen and oxygen atoms in total. The first kappa shape index (κ1) is 37.6. The molecule has 0 aliphatic carbocycles. The van der Waals surface area contributed by atoms with Crippen LogP contribution in [0.15, 0.2) is 53.3 Å². The van der Waals surface area contributed by atoms with E-state index in [-0.39, 0.29) is 11.3 Å². The zero-order valence-electron chi connectivity index (χ0n) is 27.7. The molecule has 6 rings (SSSR count). The fraction of sp³-hybridized carbons (Fsp3) is 0.257. The predicted octanol–water partition coefficient (Wildman–Crippen LogP) is 9.02. The number of nitrogen functional groups attached to an aromatic ring is 1. The van der Waals surface area contributed by atoms with Crippen LogP contribution in [0.25, 0.3) is 21.8 Å². The molecule has 0 bridgehead atoms. The summed E-state index contributed by atoms with van der Waals surface area (Å²) in [5, 5.41) is 1.95. The fourth-order valence-electron chi connectivity index (χ4n) is 4.68. The van der Waals surface area contributed by atoms with E-state index >= 15 is 0 Å². The third-order valence-corrected chi connectivity index (χ3v) is 8.44. The van der Waals surface area contributed by atoms with E-state index < -0.39 is 5.82 Å². The number of rotatable bonds is 6. The van der Waals surface area contributed by atoms with Gasteiger partial charge in [0.15, 0.2) is 11.0 Å². The van der Waals surface area contributed by atoms with E-state index in [1.54, 1.807) is 18.5 Å². The van der Waals surface area contributed by atoms with Gasteiger partial charge >= 0.3 is 0 Å². The highest BCUT2D eigenvalue weighted by molar-refractivity contribution is 9.10. The average Bonchev–Trinajstić information content (AvgIpc) is 3.08. The van der Waals surface area contributed by atoms with Gasteiger partial charge in [0, 0.05) is 36.1 Å². The topological polar surface area (TPSA) is 122 Å². The van der Waals surface area contributed by atoms with Gasteiger partial charge in [0.05, 0.1) is 30.7 Å². The smallest absolute Gasteiger partial charge is 0.224 e. The zero-order valence-corrected chi connectivity index (χ0v) is 30.8. The molecule has 6 aromatic rings. The lowest BCUT2D eigenvalue weighted by atomic mass is 10.0. The monoisotopic (exact) mass is 771 g/mol. The predicted molar refractivity (Wildman–Crippen MR) is 194 cm³/mol.